The van der Waals surface area contributed by atoms with Crippen molar-refractivity contribution in [1.82, 2.24) is 5.43 Å². The molecule has 0 radical (unpaired) electrons. The number of hydrazone groups is 1. The van der Waals surface area contributed by atoms with Gasteiger partial charge in [0.25, 0.3) is 0 Å². The largest absolute Gasteiger partial charge is 0.493 e. The Morgan fingerprint density at radius 2 is 1.83 bits per heavy atom. The van der Waals surface area contributed by atoms with Gasteiger partial charge in [0.15, 0.2) is 0 Å². The molecule has 2 aromatic rings. The lowest BCUT2D eigenvalue weighted by molar-refractivity contribution is -0.136. The number of anilines is 1. The molecule has 0 heterocycles. The molecule has 0 aromatic heterocycles. The number of amides is 2. The van der Waals surface area contributed by atoms with Crippen LogP contribution in [0.1, 0.15) is 12.5 Å². The molecule has 0 bridgehead atoms. The van der Waals surface area contributed by atoms with Gasteiger partial charge in [-0.15, -0.1) is 0 Å². The summed E-state index contributed by atoms with van der Waals surface area (Å²) < 4.78 is 18.2. The second kappa shape index (κ2) is 8.42. The Hall–Kier alpha value is -3.22. The Morgan fingerprint density at radius 1 is 1.12 bits per heavy atom. The Bertz CT molecular complexity index is 745. The van der Waals surface area contributed by atoms with Crippen molar-refractivity contribution in [2.24, 2.45) is 5.10 Å². The van der Waals surface area contributed by atoms with Crippen LogP contribution in [0, 0.1) is 5.82 Å². The molecule has 0 saturated heterocycles. The second-order valence-electron chi connectivity index (χ2n) is 4.63. The van der Waals surface area contributed by atoms with Crippen molar-refractivity contribution in [3.63, 3.8) is 0 Å². The molecule has 0 aliphatic heterocycles. The van der Waals surface area contributed by atoms with E-state index in [-0.39, 0.29) is 0 Å². The van der Waals surface area contributed by atoms with Gasteiger partial charge in [-0.1, -0.05) is 12.1 Å². The number of nitrogens with zero attached hydrogens (tertiary/aromatic N) is 1. The summed E-state index contributed by atoms with van der Waals surface area (Å²) in [5.41, 5.74) is 3.09. The van der Waals surface area contributed by atoms with Crippen LogP contribution in [0.15, 0.2) is 53.6 Å². The third-order valence-electron chi connectivity index (χ3n) is 2.90. The van der Waals surface area contributed by atoms with Gasteiger partial charge < -0.3 is 10.1 Å². The van der Waals surface area contributed by atoms with E-state index in [1.165, 1.54) is 30.5 Å². The van der Waals surface area contributed by atoms with Crippen LogP contribution in [0.3, 0.4) is 0 Å². The van der Waals surface area contributed by atoms with E-state index < -0.39 is 17.6 Å². The maximum absolute atomic E-state index is 12.8. The minimum Gasteiger partial charge on any atom is -0.493 e. The van der Waals surface area contributed by atoms with Crippen molar-refractivity contribution >= 4 is 23.7 Å². The van der Waals surface area contributed by atoms with Crippen LogP contribution in [0.25, 0.3) is 0 Å². The Kier molecular flexibility index (Phi) is 6.01. The summed E-state index contributed by atoms with van der Waals surface area (Å²) in [5, 5.41) is 6.07. The molecule has 7 heteroatoms. The number of para-hydroxylation sites is 1. The molecule has 2 rings (SSSR count). The molecule has 124 valence electrons. The highest BCUT2D eigenvalue weighted by molar-refractivity contribution is 6.39. The molecule has 0 aliphatic carbocycles. The van der Waals surface area contributed by atoms with E-state index in [0.29, 0.717) is 23.6 Å². The van der Waals surface area contributed by atoms with Gasteiger partial charge in [0.05, 0.1) is 12.8 Å². The van der Waals surface area contributed by atoms with E-state index in [2.05, 4.69) is 15.8 Å². The predicted octanol–water partition coefficient (Wildman–Crippen LogP) is 2.31. The topological polar surface area (TPSA) is 79.8 Å². The number of carbonyl (C=O) groups excluding carboxylic acids is 2. The van der Waals surface area contributed by atoms with Gasteiger partial charge in [-0.05, 0) is 43.3 Å². The van der Waals surface area contributed by atoms with Crippen LogP contribution >= 0.6 is 0 Å². The van der Waals surface area contributed by atoms with Crippen molar-refractivity contribution < 1.29 is 18.7 Å². The monoisotopic (exact) mass is 329 g/mol. The summed E-state index contributed by atoms with van der Waals surface area (Å²) in [5.74, 6) is -1.66. The normalized spacial score (nSPS) is 10.4. The molecule has 0 fully saturated rings. The number of hydrogen-bond donors (Lipinski definition) is 2. The maximum atomic E-state index is 12.8. The van der Waals surface area contributed by atoms with Crippen LogP contribution in [-0.4, -0.2) is 24.6 Å². The molecular weight excluding hydrogens is 313 g/mol. The fourth-order valence-electron chi connectivity index (χ4n) is 1.81. The number of carbonyl (C=O) groups is 2. The van der Waals surface area contributed by atoms with Crippen LogP contribution in [-0.2, 0) is 9.59 Å². The minimum atomic E-state index is -0.940. The van der Waals surface area contributed by atoms with Gasteiger partial charge in [-0.25, -0.2) is 9.82 Å². The quantitative estimate of drug-likeness (QED) is 0.502. The zero-order valence-electron chi connectivity index (χ0n) is 13.0. The molecular formula is C17H16FN3O3. The van der Waals surface area contributed by atoms with Crippen LogP contribution < -0.4 is 15.5 Å². The number of halogens is 1. The van der Waals surface area contributed by atoms with E-state index in [9.17, 15) is 14.0 Å². The number of benzene rings is 2. The molecule has 2 N–H and O–H groups in total. The summed E-state index contributed by atoms with van der Waals surface area (Å²) in [6.07, 6.45) is 1.38. The first-order valence-electron chi connectivity index (χ1n) is 7.22. The maximum Gasteiger partial charge on any atom is 0.329 e. The number of ether oxygens (including phenoxy) is 1. The number of hydrogen-bond acceptors (Lipinski definition) is 4. The lowest BCUT2D eigenvalue weighted by Crippen LogP contribution is -2.32. The van der Waals surface area contributed by atoms with Crippen molar-refractivity contribution in [3.05, 3.63) is 59.9 Å². The van der Waals surface area contributed by atoms with Gasteiger partial charge in [0, 0.05) is 11.3 Å². The van der Waals surface area contributed by atoms with Crippen molar-refractivity contribution in [2.75, 3.05) is 11.9 Å². The third kappa shape index (κ3) is 4.91. The van der Waals surface area contributed by atoms with Crippen molar-refractivity contribution in [3.8, 4) is 5.75 Å². The zero-order chi connectivity index (χ0) is 17.4. The third-order valence-corrected chi connectivity index (χ3v) is 2.90. The molecule has 0 spiro atoms. The van der Waals surface area contributed by atoms with E-state index in [0.717, 1.165) is 0 Å². The highest BCUT2D eigenvalue weighted by atomic mass is 19.1. The highest BCUT2D eigenvalue weighted by Gasteiger charge is 2.12. The van der Waals surface area contributed by atoms with Gasteiger partial charge in [0.2, 0.25) is 0 Å². The second-order valence-corrected chi connectivity index (χ2v) is 4.63. The summed E-state index contributed by atoms with van der Waals surface area (Å²) in [4.78, 5) is 23.4. The highest BCUT2D eigenvalue weighted by Crippen LogP contribution is 2.15. The Labute approximate surface area is 138 Å². The molecule has 24 heavy (non-hydrogen) atoms. The van der Waals surface area contributed by atoms with Crippen molar-refractivity contribution in [1.29, 1.82) is 0 Å². The lowest BCUT2D eigenvalue weighted by atomic mass is 10.2. The fourth-order valence-corrected chi connectivity index (χ4v) is 1.81. The van der Waals surface area contributed by atoms with Crippen LogP contribution in [0.4, 0.5) is 10.1 Å². The van der Waals surface area contributed by atoms with Gasteiger partial charge in [-0.2, -0.15) is 5.10 Å². The number of nitrogens with one attached hydrogen (secondary N) is 2. The standard InChI is InChI=1S/C17H16FN3O3/c1-2-24-15-6-4-3-5-12(15)11-19-21-17(23)16(22)20-14-9-7-13(18)8-10-14/h3-11H,2H2,1H3,(H,20,22)(H,21,23)/b19-11-. The van der Waals surface area contributed by atoms with Gasteiger partial charge >= 0.3 is 11.8 Å². The number of rotatable bonds is 5. The van der Waals surface area contributed by atoms with Gasteiger partial charge in [0.1, 0.15) is 11.6 Å². The lowest BCUT2D eigenvalue weighted by Gasteiger charge is -2.06. The van der Waals surface area contributed by atoms with Crippen molar-refractivity contribution in [2.45, 2.75) is 6.92 Å². The van der Waals surface area contributed by atoms with Crippen LogP contribution in [0.5, 0.6) is 5.75 Å². The Balaban J connectivity index is 1.92. The molecule has 2 aromatic carbocycles. The van der Waals surface area contributed by atoms with E-state index in [1.54, 1.807) is 18.2 Å². The van der Waals surface area contributed by atoms with E-state index in [1.807, 2.05) is 13.0 Å². The van der Waals surface area contributed by atoms with Crippen LogP contribution in [0.2, 0.25) is 0 Å². The van der Waals surface area contributed by atoms with E-state index >= 15 is 0 Å². The minimum absolute atomic E-state index is 0.308. The average Bonchev–Trinajstić information content (AvgIpc) is 2.58. The first-order valence-corrected chi connectivity index (χ1v) is 7.22. The first kappa shape index (κ1) is 17.1. The molecule has 0 aliphatic rings. The first-order chi connectivity index (χ1) is 11.6. The summed E-state index contributed by atoms with van der Waals surface area (Å²) >= 11 is 0. The fraction of sp³-hybridized carbons (Fsp3) is 0.118. The smallest absolute Gasteiger partial charge is 0.329 e. The molecule has 2 amide bonds. The SMILES string of the molecule is CCOc1ccccc1/C=N\NC(=O)C(=O)Nc1ccc(F)cc1. The summed E-state index contributed by atoms with van der Waals surface area (Å²) in [6.45, 7) is 2.35. The molecule has 0 atom stereocenters. The molecule has 0 saturated carbocycles. The van der Waals surface area contributed by atoms with Gasteiger partial charge in [-0.3, -0.25) is 9.59 Å². The predicted molar refractivity (Wildman–Crippen MR) is 88.4 cm³/mol. The molecule has 6 nitrogen and oxygen atoms in total. The average molecular weight is 329 g/mol. The molecule has 0 unspecified atom stereocenters. The summed E-state index contributed by atoms with van der Waals surface area (Å²) in [7, 11) is 0. The van der Waals surface area contributed by atoms with E-state index in [4.69, 9.17) is 4.74 Å². The Morgan fingerprint density at radius 3 is 2.54 bits per heavy atom. The zero-order valence-corrected chi connectivity index (χ0v) is 13.0. The summed E-state index contributed by atoms with van der Waals surface area (Å²) in [6, 6.07) is 12.2.